The quantitative estimate of drug-likeness (QED) is 0.817. The summed E-state index contributed by atoms with van der Waals surface area (Å²) < 4.78 is 0.971. The maximum Gasteiger partial charge on any atom is 0.221 e. The van der Waals surface area contributed by atoms with Crippen LogP contribution in [0.4, 0.5) is 5.69 Å². The number of unbranched alkanes of at least 4 members (excludes halogenated alkanes) is 1. The van der Waals surface area contributed by atoms with Crippen molar-refractivity contribution in [2.45, 2.75) is 26.2 Å². The molecule has 0 radical (unpaired) electrons. The third kappa shape index (κ3) is 4.33. The largest absolute Gasteiger partial charge is 0.330 e. The molecule has 3 N–H and O–H groups in total. The van der Waals surface area contributed by atoms with Crippen LogP contribution < -0.4 is 11.1 Å². The molecule has 0 heterocycles. The van der Waals surface area contributed by atoms with Gasteiger partial charge >= 0.3 is 0 Å². The average molecular weight is 285 g/mol. The topological polar surface area (TPSA) is 55.1 Å². The maximum absolute atomic E-state index is 11.1. The molecule has 4 heteroatoms. The van der Waals surface area contributed by atoms with Crippen molar-refractivity contribution in [2.24, 2.45) is 5.73 Å². The highest BCUT2D eigenvalue weighted by Crippen LogP contribution is 2.23. The SMILES string of the molecule is CC(=O)Nc1cc(Br)ccc1CCCCN. The predicted octanol–water partition coefficient (Wildman–Crippen LogP) is 2.69. The Labute approximate surface area is 105 Å². The monoisotopic (exact) mass is 284 g/mol. The number of aryl methyl sites for hydroxylation is 1. The number of benzene rings is 1. The van der Waals surface area contributed by atoms with Crippen LogP contribution in [0.3, 0.4) is 0 Å². The molecule has 0 aliphatic carbocycles. The summed E-state index contributed by atoms with van der Waals surface area (Å²) in [7, 11) is 0. The standard InChI is InChI=1S/C12H17BrN2O/c1-9(16)15-12-8-11(13)6-5-10(12)4-2-3-7-14/h5-6,8H,2-4,7,14H2,1H3,(H,15,16). The molecule has 1 rings (SSSR count). The van der Waals surface area contributed by atoms with Gasteiger partial charge in [0.2, 0.25) is 5.91 Å². The minimum absolute atomic E-state index is 0.0434. The first-order valence-electron chi connectivity index (χ1n) is 5.39. The molecule has 0 aliphatic rings. The lowest BCUT2D eigenvalue weighted by Gasteiger charge is -2.10. The zero-order valence-corrected chi connectivity index (χ0v) is 11.0. The summed E-state index contributed by atoms with van der Waals surface area (Å²) in [6.07, 6.45) is 3.00. The highest BCUT2D eigenvalue weighted by atomic mass is 79.9. The Morgan fingerprint density at radius 1 is 1.44 bits per heavy atom. The Balaban J connectivity index is 2.76. The van der Waals surface area contributed by atoms with E-state index in [1.807, 2.05) is 18.2 Å². The van der Waals surface area contributed by atoms with Crippen LogP contribution in [0.25, 0.3) is 0 Å². The van der Waals surface area contributed by atoms with Crippen molar-refractivity contribution in [2.75, 3.05) is 11.9 Å². The molecule has 1 amide bonds. The van der Waals surface area contributed by atoms with Crippen LogP contribution in [0.1, 0.15) is 25.3 Å². The normalized spacial score (nSPS) is 10.2. The number of amides is 1. The molecule has 0 saturated heterocycles. The minimum Gasteiger partial charge on any atom is -0.330 e. The van der Waals surface area contributed by atoms with Crippen LogP contribution in [-0.2, 0) is 11.2 Å². The van der Waals surface area contributed by atoms with Gasteiger partial charge in [-0.2, -0.15) is 0 Å². The van der Waals surface area contributed by atoms with Gasteiger partial charge in [-0.15, -0.1) is 0 Å². The second-order valence-electron chi connectivity index (χ2n) is 3.73. The molecule has 1 aromatic rings. The summed E-state index contributed by atoms with van der Waals surface area (Å²) in [5.74, 6) is -0.0434. The van der Waals surface area contributed by atoms with E-state index in [4.69, 9.17) is 5.73 Å². The fraction of sp³-hybridized carbons (Fsp3) is 0.417. The number of hydrogen-bond donors (Lipinski definition) is 2. The van der Waals surface area contributed by atoms with E-state index in [-0.39, 0.29) is 5.91 Å². The number of nitrogens with two attached hydrogens (primary N) is 1. The van der Waals surface area contributed by atoms with E-state index in [1.54, 1.807) is 0 Å². The van der Waals surface area contributed by atoms with Crippen molar-refractivity contribution >= 4 is 27.5 Å². The molecule has 0 atom stereocenters. The molecule has 16 heavy (non-hydrogen) atoms. The van der Waals surface area contributed by atoms with Crippen molar-refractivity contribution < 1.29 is 4.79 Å². The molecule has 0 aromatic heterocycles. The molecular weight excluding hydrogens is 268 g/mol. The van der Waals surface area contributed by atoms with Gasteiger partial charge in [0.25, 0.3) is 0 Å². The molecule has 0 saturated carbocycles. The number of carbonyl (C=O) groups excluding carboxylic acids is 1. The molecule has 0 spiro atoms. The van der Waals surface area contributed by atoms with Gasteiger partial charge in [-0.3, -0.25) is 4.79 Å². The van der Waals surface area contributed by atoms with Gasteiger partial charge in [0, 0.05) is 17.1 Å². The van der Waals surface area contributed by atoms with Gasteiger partial charge in [0.1, 0.15) is 0 Å². The van der Waals surface area contributed by atoms with Gasteiger partial charge < -0.3 is 11.1 Å². The zero-order chi connectivity index (χ0) is 12.0. The molecule has 0 bridgehead atoms. The summed E-state index contributed by atoms with van der Waals surface area (Å²) in [6.45, 7) is 2.23. The van der Waals surface area contributed by atoms with Crippen molar-refractivity contribution in [1.82, 2.24) is 0 Å². The maximum atomic E-state index is 11.1. The van der Waals surface area contributed by atoms with Gasteiger partial charge in [0.15, 0.2) is 0 Å². The van der Waals surface area contributed by atoms with Crippen molar-refractivity contribution in [3.8, 4) is 0 Å². The Morgan fingerprint density at radius 2 is 2.19 bits per heavy atom. The van der Waals surface area contributed by atoms with Crippen LogP contribution in [0.2, 0.25) is 0 Å². The van der Waals surface area contributed by atoms with E-state index in [1.165, 1.54) is 6.92 Å². The molecule has 1 aromatic carbocycles. The summed E-state index contributed by atoms with van der Waals surface area (Å²) in [4.78, 5) is 11.1. The Morgan fingerprint density at radius 3 is 2.81 bits per heavy atom. The number of hydrogen-bond acceptors (Lipinski definition) is 2. The summed E-state index contributed by atoms with van der Waals surface area (Å²) >= 11 is 3.40. The van der Waals surface area contributed by atoms with Crippen LogP contribution in [0, 0.1) is 0 Å². The fourth-order valence-corrected chi connectivity index (χ4v) is 1.89. The molecule has 0 fully saturated rings. The number of rotatable bonds is 5. The minimum atomic E-state index is -0.0434. The first-order chi connectivity index (χ1) is 7.63. The Hall–Kier alpha value is -0.870. The second kappa shape index (κ2) is 6.66. The number of anilines is 1. The van der Waals surface area contributed by atoms with Crippen molar-refractivity contribution in [1.29, 1.82) is 0 Å². The smallest absolute Gasteiger partial charge is 0.221 e. The van der Waals surface area contributed by atoms with Crippen LogP contribution >= 0.6 is 15.9 Å². The van der Waals surface area contributed by atoms with Gasteiger partial charge in [0.05, 0.1) is 0 Å². The van der Waals surface area contributed by atoms with E-state index in [9.17, 15) is 4.79 Å². The van der Waals surface area contributed by atoms with E-state index in [2.05, 4.69) is 21.2 Å². The Kier molecular flexibility index (Phi) is 5.49. The fourth-order valence-electron chi connectivity index (χ4n) is 1.53. The van der Waals surface area contributed by atoms with Gasteiger partial charge in [-0.1, -0.05) is 22.0 Å². The van der Waals surface area contributed by atoms with Crippen molar-refractivity contribution in [3.05, 3.63) is 28.2 Å². The number of halogens is 1. The van der Waals surface area contributed by atoms with E-state index in [0.717, 1.165) is 35.0 Å². The molecule has 88 valence electrons. The summed E-state index contributed by atoms with van der Waals surface area (Å²) in [5, 5.41) is 2.84. The van der Waals surface area contributed by atoms with Crippen LogP contribution in [0.15, 0.2) is 22.7 Å². The summed E-state index contributed by atoms with van der Waals surface area (Å²) in [6, 6.07) is 5.95. The molecule has 0 unspecified atom stereocenters. The van der Waals surface area contributed by atoms with Crippen molar-refractivity contribution in [3.63, 3.8) is 0 Å². The van der Waals surface area contributed by atoms with E-state index >= 15 is 0 Å². The lowest BCUT2D eigenvalue weighted by atomic mass is 10.1. The lowest BCUT2D eigenvalue weighted by molar-refractivity contribution is -0.114. The molecule has 0 aliphatic heterocycles. The van der Waals surface area contributed by atoms with Gasteiger partial charge in [-0.05, 0) is 43.5 Å². The zero-order valence-electron chi connectivity index (χ0n) is 9.42. The van der Waals surface area contributed by atoms with E-state index < -0.39 is 0 Å². The van der Waals surface area contributed by atoms with E-state index in [0.29, 0.717) is 6.54 Å². The first-order valence-corrected chi connectivity index (χ1v) is 6.19. The predicted molar refractivity (Wildman–Crippen MR) is 70.4 cm³/mol. The Bertz CT molecular complexity index is 366. The summed E-state index contributed by atoms with van der Waals surface area (Å²) in [5.41, 5.74) is 7.51. The van der Waals surface area contributed by atoms with Crippen LogP contribution in [-0.4, -0.2) is 12.5 Å². The molecule has 3 nitrogen and oxygen atoms in total. The number of carbonyl (C=O) groups is 1. The number of nitrogens with one attached hydrogen (secondary N) is 1. The third-order valence-electron chi connectivity index (χ3n) is 2.28. The average Bonchev–Trinajstić information content (AvgIpc) is 2.20. The highest BCUT2D eigenvalue weighted by molar-refractivity contribution is 9.10. The second-order valence-corrected chi connectivity index (χ2v) is 4.64. The highest BCUT2D eigenvalue weighted by Gasteiger charge is 2.04. The lowest BCUT2D eigenvalue weighted by Crippen LogP contribution is -2.08. The third-order valence-corrected chi connectivity index (χ3v) is 2.78. The van der Waals surface area contributed by atoms with Gasteiger partial charge in [-0.25, -0.2) is 0 Å². The van der Waals surface area contributed by atoms with Crippen LogP contribution in [0.5, 0.6) is 0 Å². The molecular formula is C12H17BrN2O. The first kappa shape index (κ1) is 13.2.